The fraction of sp³-hybridized carbons (Fsp3) is 0.138. The molecule has 7 nitrogen and oxygen atoms in total. The Hall–Kier alpha value is -4.17. The normalized spacial score (nSPS) is 10.1. The molecule has 0 aliphatic heterocycles. The minimum absolute atomic E-state index is 0.142. The highest BCUT2D eigenvalue weighted by atomic mass is 79.9. The molecule has 0 saturated heterocycles. The monoisotopic (exact) mass is 564 g/mol. The molecule has 4 aromatic rings. The SMILES string of the molecule is CCOC(=O)/C=C/c1ccc(N)c2ccccc12.CCOC(=O)C=O.Nc1ccc(Br)c2ccccc12. The van der Waals surface area contributed by atoms with Crippen LogP contribution < -0.4 is 11.5 Å². The fourth-order valence-corrected chi connectivity index (χ4v) is 3.78. The van der Waals surface area contributed by atoms with Gasteiger partial charge in [-0.15, -0.1) is 0 Å². The molecule has 0 aliphatic rings. The quantitative estimate of drug-likeness (QED) is 0.101. The van der Waals surface area contributed by atoms with Crippen molar-refractivity contribution in [1.82, 2.24) is 0 Å². The number of aldehydes is 1. The number of hydrogen-bond donors (Lipinski definition) is 2. The Labute approximate surface area is 224 Å². The Balaban J connectivity index is 0.000000218. The number of carbonyl (C=O) groups is 3. The largest absolute Gasteiger partial charge is 0.463 e. The molecule has 0 heterocycles. The average molecular weight is 565 g/mol. The van der Waals surface area contributed by atoms with E-state index < -0.39 is 5.97 Å². The fourth-order valence-electron chi connectivity index (χ4n) is 3.30. The molecule has 192 valence electrons. The summed E-state index contributed by atoms with van der Waals surface area (Å²) in [5, 5.41) is 4.28. The Morgan fingerprint density at radius 3 is 1.73 bits per heavy atom. The molecule has 0 unspecified atom stereocenters. The molecule has 4 N–H and O–H groups in total. The molecule has 0 amide bonds. The number of nitrogen functional groups attached to an aromatic ring is 2. The van der Waals surface area contributed by atoms with E-state index in [1.807, 2.05) is 66.7 Å². The second kappa shape index (κ2) is 15.1. The van der Waals surface area contributed by atoms with Crippen molar-refractivity contribution < 1.29 is 23.9 Å². The van der Waals surface area contributed by atoms with Gasteiger partial charge in [0.1, 0.15) is 0 Å². The van der Waals surface area contributed by atoms with E-state index >= 15 is 0 Å². The highest BCUT2D eigenvalue weighted by Gasteiger charge is 2.02. The molecule has 8 heteroatoms. The van der Waals surface area contributed by atoms with Gasteiger partial charge < -0.3 is 20.9 Å². The third-order valence-electron chi connectivity index (χ3n) is 4.96. The summed E-state index contributed by atoms with van der Waals surface area (Å²) in [6, 6.07) is 23.5. The van der Waals surface area contributed by atoms with Crippen molar-refractivity contribution in [2.24, 2.45) is 0 Å². The summed E-state index contributed by atoms with van der Waals surface area (Å²) in [5.41, 5.74) is 14.2. The van der Waals surface area contributed by atoms with Gasteiger partial charge in [-0.3, -0.25) is 4.79 Å². The van der Waals surface area contributed by atoms with Crippen molar-refractivity contribution in [2.75, 3.05) is 24.7 Å². The van der Waals surface area contributed by atoms with Crippen LogP contribution >= 0.6 is 15.9 Å². The van der Waals surface area contributed by atoms with Gasteiger partial charge in [0.25, 0.3) is 0 Å². The molecule has 4 rings (SSSR count). The third kappa shape index (κ3) is 8.77. The molecule has 0 aromatic heterocycles. The zero-order valence-corrected chi connectivity index (χ0v) is 22.2. The van der Waals surface area contributed by atoms with Gasteiger partial charge in [-0.05, 0) is 54.5 Å². The maximum Gasteiger partial charge on any atom is 0.371 e. The van der Waals surface area contributed by atoms with Crippen LogP contribution in [0, 0.1) is 0 Å². The van der Waals surface area contributed by atoms with E-state index in [2.05, 4.69) is 26.7 Å². The summed E-state index contributed by atoms with van der Waals surface area (Å²) in [6.07, 6.45) is 3.32. The smallest absolute Gasteiger partial charge is 0.371 e. The molecule has 0 radical (unpaired) electrons. The van der Waals surface area contributed by atoms with E-state index in [0.717, 1.165) is 43.0 Å². The molecular weight excluding hydrogens is 536 g/mol. The van der Waals surface area contributed by atoms with Crippen LogP contribution in [0.5, 0.6) is 0 Å². The number of halogens is 1. The summed E-state index contributed by atoms with van der Waals surface area (Å²) in [4.78, 5) is 30.5. The summed E-state index contributed by atoms with van der Waals surface area (Å²) in [6.45, 7) is 4.06. The van der Waals surface area contributed by atoms with Crippen LogP contribution in [0.1, 0.15) is 19.4 Å². The van der Waals surface area contributed by atoms with Gasteiger partial charge in [-0.25, -0.2) is 9.59 Å². The first-order chi connectivity index (χ1) is 17.8. The van der Waals surface area contributed by atoms with Crippen LogP contribution in [0.4, 0.5) is 11.4 Å². The predicted octanol–water partition coefficient (Wildman–Crippen LogP) is 5.93. The standard InChI is InChI=1S/C15H15NO2.C10H8BrN.C4H6O3/c1-2-18-15(17)10-8-11-7-9-14(16)13-6-4-3-5-12(11)13;11-9-5-6-10(12)8-4-2-1-3-7(8)9;1-2-7-4(6)3-5/h3-10H,2,16H2,1H3;1-6H,12H2;3H,2H2,1H3/b10-8+;;. The van der Waals surface area contributed by atoms with Crippen molar-refractivity contribution >= 4 is 73.2 Å². The molecule has 37 heavy (non-hydrogen) atoms. The van der Waals surface area contributed by atoms with Crippen LogP contribution in [0.25, 0.3) is 27.6 Å². The number of hydrogen-bond acceptors (Lipinski definition) is 7. The van der Waals surface area contributed by atoms with Gasteiger partial charge in [0.2, 0.25) is 6.29 Å². The number of nitrogens with two attached hydrogens (primary N) is 2. The number of fused-ring (bicyclic) bond motifs is 2. The zero-order valence-electron chi connectivity index (χ0n) is 20.6. The summed E-state index contributed by atoms with van der Waals surface area (Å²) < 4.78 is 10.1. The molecular formula is C29H29BrN2O5. The zero-order chi connectivity index (χ0) is 27.2. The average Bonchev–Trinajstić information content (AvgIpc) is 2.92. The van der Waals surface area contributed by atoms with Gasteiger partial charge in [0.05, 0.1) is 13.2 Å². The van der Waals surface area contributed by atoms with E-state index in [-0.39, 0.29) is 18.9 Å². The van der Waals surface area contributed by atoms with Gasteiger partial charge in [0, 0.05) is 32.7 Å². The summed E-state index contributed by atoms with van der Waals surface area (Å²) in [5.74, 6) is -1.14. The number of rotatable bonds is 5. The first-order valence-electron chi connectivity index (χ1n) is 11.5. The van der Waals surface area contributed by atoms with Crippen molar-refractivity contribution in [1.29, 1.82) is 0 Å². The molecule has 0 aliphatic carbocycles. The highest BCUT2D eigenvalue weighted by molar-refractivity contribution is 9.10. The van der Waals surface area contributed by atoms with Crippen molar-refractivity contribution in [2.45, 2.75) is 13.8 Å². The van der Waals surface area contributed by atoms with Gasteiger partial charge >= 0.3 is 11.9 Å². The van der Waals surface area contributed by atoms with E-state index in [1.165, 1.54) is 6.08 Å². The van der Waals surface area contributed by atoms with Crippen LogP contribution in [0.2, 0.25) is 0 Å². The van der Waals surface area contributed by atoms with Gasteiger partial charge in [-0.1, -0.05) is 70.5 Å². The van der Waals surface area contributed by atoms with Gasteiger partial charge in [-0.2, -0.15) is 0 Å². The second-order valence-corrected chi connectivity index (χ2v) is 8.28. The predicted molar refractivity (Wildman–Crippen MR) is 153 cm³/mol. The Morgan fingerprint density at radius 1 is 0.730 bits per heavy atom. The molecule has 4 aromatic carbocycles. The lowest BCUT2D eigenvalue weighted by atomic mass is 10.0. The summed E-state index contributed by atoms with van der Waals surface area (Å²) in [7, 11) is 0. The highest BCUT2D eigenvalue weighted by Crippen LogP contribution is 2.28. The molecule has 0 atom stereocenters. The Bertz CT molecular complexity index is 1360. The van der Waals surface area contributed by atoms with Crippen molar-refractivity contribution in [3.63, 3.8) is 0 Å². The van der Waals surface area contributed by atoms with Gasteiger partial charge in [0.15, 0.2) is 0 Å². The third-order valence-corrected chi connectivity index (χ3v) is 5.66. The number of esters is 2. The minimum atomic E-state index is -0.803. The first-order valence-corrected chi connectivity index (χ1v) is 12.3. The Morgan fingerprint density at radius 2 is 1.22 bits per heavy atom. The van der Waals surface area contributed by atoms with E-state index in [9.17, 15) is 14.4 Å². The first kappa shape index (κ1) is 29.1. The van der Waals surface area contributed by atoms with E-state index in [0.29, 0.717) is 6.61 Å². The summed E-state index contributed by atoms with van der Waals surface area (Å²) >= 11 is 3.48. The van der Waals surface area contributed by atoms with Crippen molar-refractivity contribution in [3.8, 4) is 0 Å². The molecule has 0 saturated carbocycles. The lowest BCUT2D eigenvalue weighted by Crippen LogP contribution is -2.03. The van der Waals surface area contributed by atoms with Crippen molar-refractivity contribution in [3.05, 3.63) is 88.9 Å². The number of carbonyl (C=O) groups excluding carboxylic acids is 3. The Kier molecular flexibility index (Phi) is 11.8. The topological polar surface area (TPSA) is 122 Å². The maximum atomic E-state index is 11.3. The van der Waals surface area contributed by atoms with E-state index in [1.54, 1.807) is 19.9 Å². The van der Waals surface area contributed by atoms with Crippen LogP contribution in [0.3, 0.4) is 0 Å². The second-order valence-electron chi connectivity index (χ2n) is 7.43. The molecule has 0 fully saturated rings. The lowest BCUT2D eigenvalue weighted by molar-refractivity contribution is -0.148. The van der Waals surface area contributed by atoms with E-state index in [4.69, 9.17) is 16.2 Å². The maximum absolute atomic E-state index is 11.3. The molecule has 0 spiro atoms. The molecule has 0 bridgehead atoms. The number of benzene rings is 4. The number of anilines is 2. The van der Waals surface area contributed by atoms with Crippen LogP contribution in [-0.2, 0) is 23.9 Å². The number of ether oxygens (including phenoxy) is 2. The lowest BCUT2D eigenvalue weighted by Gasteiger charge is -2.05. The minimum Gasteiger partial charge on any atom is -0.463 e. The van der Waals surface area contributed by atoms with Crippen LogP contribution in [-0.4, -0.2) is 31.4 Å². The van der Waals surface area contributed by atoms with Crippen LogP contribution in [0.15, 0.2) is 83.3 Å².